The molecule has 0 unspecified atom stereocenters. The first-order valence-electron chi connectivity index (χ1n) is 3.67. The molecule has 2 nitrogen and oxygen atoms in total. The molecule has 0 amide bonds. The first-order valence-corrected chi connectivity index (χ1v) is 5.12. The van der Waals surface area contributed by atoms with Gasteiger partial charge in [0.25, 0.3) is 0 Å². The van der Waals surface area contributed by atoms with Gasteiger partial charge in [-0.1, -0.05) is 24.3 Å². The van der Waals surface area contributed by atoms with Gasteiger partial charge in [-0.3, -0.25) is 0 Å². The van der Waals surface area contributed by atoms with Crippen molar-refractivity contribution in [2.75, 3.05) is 0 Å². The molecule has 0 radical (unpaired) electrons. The molecule has 0 fully saturated rings. The highest BCUT2D eigenvalue weighted by molar-refractivity contribution is 7.89. The average Bonchev–Trinajstić information content (AvgIpc) is 2.01. The number of rotatable bonds is 2. The lowest BCUT2D eigenvalue weighted by Gasteiger charge is -1.96. The third kappa shape index (κ3) is 3.38. The predicted octanol–water partition coefficient (Wildman–Crippen LogP) is 2.27. The summed E-state index contributed by atoms with van der Waals surface area (Å²) in [5.41, 5.74) is 1.60. The van der Waals surface area contributed by atoms with E-state index in [9.17, 15) is 12.3 Å². The zero-order valence-corrected chi connectivity index (χ0v) is 7.88. The summed E-state index contributed by atoms with van der Waals surface area (Å²) in [5, 5.41) is 0.551. The zero-order valence-electron chi connectivity index (χ0n) is 7.07. The first-order chi connectivity index (χ1) is 5.99. The maximum atomic E-state index is 12.1. The Morgan fingerprint density at radius 1 is 1.31 bits per heavy atom. The Morgan fingerprint density at radius 3 is 2.46 bits per heavy atom. The molecule has 0 aromatic heterocycles. The fraction of sp³-hybridized carbons (Fsp3) is 0.111. The third-order valence-corrected chi connectivity index (χ3v) is 2.06. The molecule has 1 aromatic carbocycles. The number of halogens is 1. The molecule has 0 saturated carbocycles. The van der Waals surface area contributed by atoms with Crippen LogP contribution in [-0.4, -0.2) is 8.42 Å². The van der Waals surface area contributed by atoms with Crippen LogP contribution >= 0.6 is 0 Å². The smallest absolute Gasteiger partial charge is 0.190 e. The normalized spacial score (nSPS) is 12.2. The van der Waals surface area contributed by atoms with Crippen molar-refractivity contribution in [3.63, 3.8) is 0 Å². The van der Waals surface area contributed by atoms with Gasteiger partial charge in [-0.15, -0.1) is 3.89 Å². The van der Waals surface area contributed by atoms with Crippen molar-refractivity contribution in [1.29, 1.82) is 0 Å². The Morgan fingerprint density at radius 2 is 1.92 bits per heavy atom. The lowest BCUT2D eigenvalue weighted by molar-refractivity contribution is 0.563. The highest BCUT2D eigenvalue weighted by Crippen LogP contribution is 2.10. The van der Waals surface area contributed by atoms with Crippen LogP contribution in [0.25, 0.3) is 6.08 Å². The number of hydrogen-bond acceptors (Lipinski definition) is 2. The molecule has 13 heavy (non-hydrogen) atoms. The lowest BCUT2D eigenvalue weighted by atomic mass is 10.1. The van der Waals surface area contributed by atoms with E-state index in [1.54, 1.807) is 12.1 Å². The second kappa shape index (κ2) is 3.70. The SMILES string of the molecule is Cc1ccccc1/C=C/S(=O)(=O)F. The van der Waals surface area contributed by atoms with Crippen molar-refractivity contribution < 1.29 is 12.3 Å². The van der Waals surface area contributed by atoms with Gasteiger partial charge in [0.05, 0.1) is 5.41 Å². The zero-order chi connectivity index (χ0) is 9.90. The van der Waals surface area contributed by atoms with Crippen molar-refractivity contribution in [1.82, 2.24) is 0 Å². The van der Waals surface area contributed by atoms with Gasteiger partial charge in [0.15, 0.2) is 0 Å². The summed E-state index contributed by atoms with van der Waals surface area (Å²) in [4.78, 5) is 0. The number of hydrogen-bond donors (Lipinski definition) is 0. The fourth-order valence-electron chi connectivity index (χ4n) is 0.928. The van der Waals surface area contributed by atoms with E-state index in [0.717, 1.165) is 5.56 Å². The van der Waals surface area contributed by atoms with Gasteiger partial charge in [-0.2, -0.15) is 8.42 Å². The summed E-state index contributed by atoms with van der Waals surface area (Å²) in [6.45, 7) is 1.82. The van der Waals surface area contributed by atoms with E-state index >= 15 is 0 Å². The second-order valence-corrected chi connectivity index (χ2v) is 3.86. The monoisotopic (exact) mass is 200 g/mol. The molecule has 0 aliphatic carbocycles. The van der Waals surface area contributed by atoms with Gasteiger partial charge in [0.1, 0.15) is 0 Å². The molecule has 0 saturated heterocycles. The minimum absolute atomic E-state index is 0.551. The summed E-state index contributed by atoms with van der Waals surface area (Å²) in [5.74, 6) is 0. The first kappa shape index (κ1) is 9.92. The van der Waals surface area contributed by atoms with Crippen LogP contribution in [0, 0.1) is 6.92 Å². The quantitative estimate of drug-likeness (QED) is 0.686. The Balaban J connectivity index is 3.00. The van der Waals surface area contributed by atoms with Crippen LogP contribution in [0.2, 0.25) is 0 Å². The lowest BCUT2D eigenvalue weighted by Crippen LogP contribution is -1.83. The molecule has 0 aliphatic heterocycles. The molecular weight excluding hydrogens is 191 g/mol. The molecule has 0 atom stereocenters. The van der Waals surface area contributed by atoms with Gasteiger partial charge in [0, 0.05) is 0 Å². The van der Waals surface area contributed by atoms with Crippen LogP contribution in [0.3, 0.4) is 0 Å². The maximum Gasteiger partial charge on any atom is 0.325 e. The number of aryl methyl sites for hydroxylation is 1. The molecular formula is C9H9FO2S. The minimum Gasteiger partial charge on any atom is -0.190 e. The van der Waals surface area contributed by atoms with E-state index in [2.05, 4.69) is 0 Å². The van der Waals surface area contributed by atoms with E-state index in [-0.39, 0.29) is 0 Å². The van der Waals surface area contributed by atoms with Gasteiger partial charge in [0.2, 0.25) is 0 Å². The van der Waals surface area contributed by atoms with Crippen LogP contribution in [0.5, 0.6) is 0 Å². The minimum atomic E-state index is -4.52. The Labute approximate surface area is 76.9 Å². The van der Waals surface area contributed by atoms with Crippen molar-refractivity contribution in [2.24, 2.45) is 0 Å². The maximum absolute atomic E-state index is 12.1. The highest BCUT2D eigenvalue weighted by atomic mass is 32.3. The summed E-state index contributed by atoms with van der Waals surface area (Å²) >= 11 is 0. The van der Waals surface area contributed by atoms with Crippen LogP contribution in [0.4, 0.5) is 3.89 Å². The van der Waals surface area contributed by atoms with Gasteiger partial charge >= 0.3 is 10.2 Å². The molecule has 1 rings (SSSR count). The summed E-state index contributed by atoms with van der Waals surface area (Å²) in [6.07, 6.45) is 1.24. The van der Waals surface area contributed by atoms with E-state index in [1.807, 2.05) is 19.1 Å². The Bertz CT molecular complexity index is 421. The largest absolute Gasteiger partial charge is 0.325 e. The van der Waals surface area contributed by atoms with Crippen molar-refractivity contribution >= 4 is 16.3 Å². The van der Waals surface area contributed by atoms with Crippen LogP contribution in [0.15, 0.2) is 29.7 Å². The third-order valence-electron chi connectivity index (χ3n) is 1.60. The van der Waals surface area contributed by atoms with Gasteiger partial charge in [-0.05, 0) is 24.1 Å². The molecule has 0 heterocycles. The Kier molecular flexibility index (Phi) is 2.83. The van der Waals surface area contributed by atoms with Crippen molar-refractivity contribution in [2.45, 2.75) is 6.92 Å². The molecule has 0 spiro atoms. The van der Waals surface area contributed by atoms with E-state index < -0.39 is 10.2 Å². The van der Waals surface area contributed by atoms with Gasteiger partial charge < -0.3 is 0 Å². The van der Waals surface area contributed by atoms with E-state index in [4.69, 9.17) is 0 Å². The van der Waals surface area contributed by atoms with Crippen molar-refractivity contribution in [3.05, 3.63) is 40.8 Å². The second-order valence-electron chi connectivity index (χ2n) is 2.63. The molecule has 70 valence electrons. The number of benzene rings is 1. The molecule has 4 heteroatoms. The van der Waals surface area contributed by atoms with Gasteiger partial charge in [-0.25, -0.2) is 0 Å². The summed E-state index contributed by atoms with van der Waals surface area (Å²) < 4.78 is 32.4. The molecule has 0 aliphatic rings. The van der Waals surface area contributed by atoms with Crippen LogP contribution < -0.4 is 0 Å². The van der Waals surface area contributed by atoms with Crippen LogP contribution in [0.1, 0.15) is 11.1 Å². The fourth-order valence-corrected chi connectivity index (χ4v) is 1.24. The van der Waals surface area contributed by atoms with Crippen molar-refractivity contribution in [3.8, 4) is 0 Å². The summed E-state index contributed by atoms with van der Waals surface area (Å²) in [7, 11) is -4.52. The standard InChI is InChI=1S/C9H9FO2S/c1-8-4-2-3-5-9(8)6-7-13(10,11)12/h2-7H,1H3/b7-6+. The van der Waals surface area contributed by atoms with Crippen LogP contribution in [-0.2, 0) is 10.2 Å². The topological polar surface area (TPSA) is 34.1 Å². The van der Waals surface area contributed by atoms with E-state index in [0.29, 0.717) is 11.0 Å². The average molecular weight is 200 g/mol. The molecule has 1 aromatic rings. The summed E-state index contributed by atoms with van der Waals surface area (Å²) in [6, 6.07) is 7.13. The molecule has 0 N–H and O–H groups in total. The Hall–Kier alpha value is -1.16. The highest BCUT2D eigenvalue weighted by Gasteiger charge is 1.99. The van der Waals surface area contributed by atoms with E-state index in [1.165, 1.54) is 6.08 Å². The molecule has 0 bridgehead atoms. The predicted molar refractivity (Wildman–Crippen MR) is 50.2 cm³/mol.